The summed E-state index contributed by atoms with van der Waals surface area (Å²) in [5.41, 5.74) is 6.92. The second-order valence-corrected chi connectivity index (χ2v) is 4.67. The van der Waals surface area contributed by atoms with E-state index in [2.05, 4.69) is 5.32 Å². The first kappa shape index (κ1) is 14.6. The molecule has 5 heteroatoms. The molecule has 0 heterocycles. The molecule has 1 rings (SSSR count). The number of hydrogen-bond donors (Lipinski definition) is 2. The van der Waals surface area contributed by atoms with Crippen LogP contribution in [0.1, 0.15) is 18.1 Å². The third-order valence-electron chi connectivity index (χ3n) is 2.48. The number of carbonyl (C=O) groups excluding carboxylic acids is 1. The Morgan fingerprint density at radius 2 is 2.17 bits per heavy atom. The Hall–Kier alpha value is -1.46. The second kappa shape index (κ2) is 6.47. The van der Waals surface area contributed by atoms with Crippen LogP contribution in [0.5, 0.6) is 0 Å². The fourth-order valence-electron chi connectivity index (χ4n) is 1.55. The van der Waals surface area contributed by atoms with E-state index in [0.717, 1.165) is 5.56 Å². The molecular weight excluding hydrogens is 233 g/mol. The zero-order chi connectivity index (χ0) is 13.7. The summed E-state index contributed by atoms with van der Waals surface area (Å²) in [4.78, 5) is 13.2. The predicted molar refractivity (Wildman–Crippen MR) is 69.3 cm³/mol. The first-order valence-corrected chi connectivity index (χ1v) is 5.85. The van der Waals surface area contributed by atoms with E-state index in [-0.39, 0.29) is 11.7 Å². The van der Waals surface area contributed by atoms with Crippen molar-refractivity contribution >= 4 is 5.91 Å². The lowest BCUT2D eigenvalue weighted by Crippen LogP contribution is -2.37. The number of nitrogens with two attached hydrogens (primary N) is 1. The van der Waals surface area contributed by atoms with Crippen LogP contribution in [0.2, 0.25) is 0 Å². The van der Waals surface area contributed by atoms with E-state index < -0.39 is 6.04 Å². The molecule has 1 amide bonds. The summed E-state index contributed by atoms with van der Waals surface area (Å²) >= 11 is 0. The molecule has 0 radical (unpaired) electrons. The average Bonchev–Trinajstić information content (AvgIpc) is 2.28. The summed E-state index contributed by atoms with van der Waals surface area (Å²) in [5.74, 6) is -0.445. The van der Waals surface area contributed by atoms with Crippen molar-refractivity contribution in [3.63, 3.8) is 0 Å². The van der Waals surface area contributed by atoms with E-state index in [0.29, 0.717) is 18.7 Å². The summed E-state index contributed by atoms with van der Waals surface area (Å²) in [5, 5.41) is 2.70. The Morgan fingerprint density at radius 3 is 2.72 bits per heavy atom. The van der Waals surface area contributed by atoms with Gasteiger partial charge in [0.05, 0.1) is 6.04 Å². The van der Waals surface area contributed by atoms with Crippen LogP contribution >= 0.6 is 0 Å². The first-order valence-electron chi connectivity index (χ1n) is 5.85. The van der Waals surface area contributed by atoms with Crippen molar-refractivity contribution in [3.8, 4) is 0 Å². The van der Waals surface area contributed by atoms with Crippen molar-refractivity contribution in [1.29, 1.82) is 0 Å². The van der Waals surface area contributed by atoms with Crippen LogP contribution < -0.4 is 11.1 Å². The molecule has 0 fully saturated rings. The topological polar surface area (TPSA) is 58.4 Å². The molecular formula is C13H20FN3O. The monoisotopic (exact) mass is 253 g/mol. The highest BCUT2D eigenvalue weighted by Gasteiger charge is 2.08. The number of carbonyl (C=O) groups is 1. The van der Waals surface area contributed by atoms with Gasteiger partial charge >= 0.3 is 0 Å². The van der Waals surface area contributed by atoms with E-state index in [1.165, 1.54) is 6.07 Å². The molecule has 0 bridgehead atoms. The minimum absolute atomic E-state index is 0.214. The molecule has 18 heavy (non-hydrogen) atoms. The van der Waals surface area contributed by atoms with E-state index >= 15 is 0 Å². The molecule has 0 aromatic heterocycles. The number of nitrogens with one attached hydrogen (secondary N) is 1. The van der Waals surface area contributed by atoms with Gasteiger partial charge in [-0.25, -0.2) is 4.39 Å². The van der Waals surface area contributed by atoms with Gasteiger partial charge in [-0.2, -0.15) is 0 Å². The highest BCUT2D eigenvalue weighted by atomic mass is 19.1. The van der Waals surface area contributed by atoms with Crippen molar-refractivity contribution in [2.24, 2.45) is 5.73 Å². The third-order valence-corrected chi connectivity index (χ3v) is 2.48. The largest absolute Gasteiger partial charge is 0.351 e. The Kier molecular flexibility index (Phi) is 5.25. The summed E-state index contributed by atoms with van der Waals surface area (Å²) < 4.78 is 13.5. The molecule has 0 aliphatic carbocycles. The zero-order valence-corrected chi connectivity index (χ0v) is 11.0. The van der Waals surface area contributed by atoms with Crippen molar-refractivity contribution < 1.29 is 9.18 Å². The summed E-state index contributed by atoms with van der Waals surface area (Å²) in [6, 6.07) is 4.31. The third kappa shape index (κ3) is 4.43. The smallest absolute Gasteiger partial charge is 0.236 e. The lowest BCUT2D eigenvalue weighted by Gasteiger charge is -2.13. The maximum atomic E-state index is 13.5. The molecule has 1 atom stereocenters. The minimum Gasteiger partial charge on any atom is -0.351 e. The van der Waals surface area contributed by atoms with Gasteiger partial charge in [0.1, 0.15) is 5.82 Å². The normalized spacial score (nSPS) is 12.6. The maximum absolute atomic E-state index is 13.5. The molecule has 100 valence electrons. The van der Waals surface area contributed by atoms with E-state index in [9.17, 15) is 9.18 Å². The molecule has 1 aromatic rings. The molecule has 0 aliphatic heterocycles. The number of amides is 1. The Balaban J connectivity index is 2.70. The predicted octanol–water partition coefficient (Wildman–Crippen LogP) is 0.851. The van der Waals surface area contributed by atoms with Crippen molar-refractivity contribution in [1.82, 2.24) is 10.2 Å². The van der Waals surface area contributed by atoms with Gasteiger partial charge in [-0.15, -0.1) is 0 Å². The minimum atomic E-state index is -0.535. The average molecular weight is 253 g/mol. The molecule has 1 aromatic carbocycles. The number of halogens is 1. The quantitative estimate of drug-likeness (QED) is 0.818. The van der Waals surface area contributed by atoms with E-state index in [1.54, 1.807) is 19.1 Å². The second-order valence-electron chi connectivity index (χ2n) is 4.67. The number of nitrogens with zero attached hydrogens (tertiary/aromatic N) is 1. The van der Waals surface area contributed by atoms with Gasteiger partial charge in [0, 0.05) is 18.7 Å². The summed E-state index contributed by atoms with van der Waals surface area (Å²) in [7, 11) is 3.76. The molecule has 0 saturated carbocycles. The number of hydrogen-bond acceptors (Lipinski definition) is 3. The molecule has 4 nitrogen and oxygen atoms in total. The van der Waals surface area contributed by atoms with Crippen LogP contribution in [0.15, 0.2) is 18.2 Å². The van der Waals surface area contributed by atoms with E-state index in [1.807, 2.05) is 19.0 Å². The van der Waals surface area contributed by atoms with Gasteiger partial charge in [0.2, 0.25) is 5.91 Å². The lowest BCUT2D eigenvalue weighted by molar-refractivity contribution is -0.122. The summed E-state index contributed by atoms with van der Waals surface area (Å²) in [6.45, 7) is 2.51. The fraction of sp³-hybridized carbons (Fsp3) is 0.462. The van der Waals surface area contributed by atoms with Crippen LogP contribution in [0, 0.1) is 5.82 Å². The van der Waals surface area contributed by atoms with Crippen molar-refractivity contribution in [2.45, 2.75) is 26.1 Å². The first-order chi connectivity index (χ1) is 8.40. The Bertz CT molecular complexity index is 419. The van der Waals surface area contributed by atoms with Gasteiger partial charge in [0.25, 0.3) is 0 Å². The summed E-state index contributed by atoms with van der Waals surface area (Å²) in [6.07, 6.45) is 0. The Labute approximate surface area is 107 Å². The van der Waals surface area contributed by atoms with Gasteiger partial charge in [-0.3, -0.25) is 4.79 Å². The van der Waals surface area contributed by atoms with Crippen LogP contribution in [0.4, 0.5) is 4.39 Å². The molecule has 3 N–H and O–H groups in total. The highest BCUT2D eigenvalue weighted by Crippen LogP contribution is 2.12. The van der Waals surface area contributed by atoms with Crippen LogP contribution in [0.3, 0.4) is 0 Å². The fourth-order valence-corrected chi connectivity index (χ4v) is 1.55. The van der Waals surface area contributed by atoms with Gasteiger partial charge in [-0.05, 0) is 38.7 Å². The van der Waals surface area contributed by atoms with Gasteiger partial charge in [-0.1, -0.05) is 6.07 Å². The molecule has 0 aliphatic rings. The number of rotatable bonds is 5. The Morgan fingerprint density at radius 1 is 1.50 bits per heavy atom. The van der Waals surface area contributed by atoms with Crippen LogP contribution in [-0.2, 0) is 17.9 Å². The standard InChI is InChI=1S/C13H20FN3O/c1-9(15)13(18)16-7-10-4-5-12(14)11(6-10)8-17(2)3/h4-6,9H,7-8,15H2,1-3H3,(H,16,18)/t9-/m1/s1. The van der Waals surface area contributed by atoms with Gasteiger partial charge in [0.15, 0.2) is 0 Å². The van der Waals surface area contributed by atoms with Gasteiger partial charge < -0.3 is 16.0 Å². The lowest BCUT2D eigenvalue weighted by atomic mass is 10.1. The van der Waals surface area contributed by atoms with E-state index in [4.69, 9.17) is 5.73 Å². The maximum Gasteiger partial charge on any atom is 0.236 e. The molecule has 0 unspecified atom stereocenters. The SMILES string of the molecule is C[C@@H](N)C(=O)NCc1ccc(F)c(CN(C)C)c1. The number of benzene rings is 1. The zero-order valence-electron chi connectivity index (χ0n) is 11.0. The van der Waals surface area contributed by atoms with Crippen molar-refractivity contribution in [3.05, 3.63) is 35.1 Å². The highest BCUT2D eigenvalue weighted by molar-refractivity contribution is 5.80. The van der Waals surface area contributed by atoms with Crippen LogP contribution in [0.25, 0.3) is 0 Å². The molecule has 0 spiro atoms. The van der Waals surface area contributed by atoms with Crippen LogP contribution in [-0.4, -0.2) is 30.9 Å². The molecule has 0 saturated heterocycles. The van der Waals surface area contributed by atoms with Crippen molar-refractivity contribution in [2.75, 3.05) is 14.1 Å².